The van der Waals surface area contributed by atoms with E-state index in [0.717, 1.165) is 54.9 Å². The van der Waals surface area contributed by atoms with E-state index < -0.39 is 24.2 Å². The number of benzene rings is 2. The summed E-state index contributed by atoms with van der Waals surface area (Å²) in [5, 5.41) is 32.2. The van der Waals surface area contributed by atoms with Gasteiger partial charge in [0.1, 0.15) is 35.1 Å². The lowest BCUT2D eigenvalue weighted by Gasteiger charge is -2.35. The van der Waals surface area contributed by atoms with Gasteiger partial charge in [-0.3, -0.25) is 28.6 Å². The first-order valence-corrected chi connectivity index (χ1v) is 26.2. The molecule has 20 heteroatoms. The number of nitrogens with one attached hydrogen (secondary N) is 2. The van der Waals surface area contributed by atoms with Crippen LogP contribution in [0.15, 0.2) is 83.7 Å². The Bertz CT molecular complexity index is 3190. The highest BCUT2D eigenvalue weighted by Gasteiger charge is 2.43. The molecule has 2 aliphatic heterocycles. The largest absolute Gasteiger partial charge is 0.460 e. The predicted octanol–water partition coefficient (Wildman–Crippen LogP) is 8.04. The molecule has 0 unspecified atom stereocenters. The molecule has 5 atom stereocenters. The second-order valence-electron chi connectivity index (χ2n) is 19.2. The van der Waals surface area contributed by atoms with Gasteiger partial charge in [0.25, 0.3) is 0 Å². The molecule has 3 amide bonds. The summed E-state index contributed by atoms with van der Waals surface area (Å²) in [6.07, 6.45) is 5.26. The van der Waals surface area contributed by atoms with E-state index >= 15 is 0 Å². The number of ether oxygens (including phenoxy) is 1. The molecule has 17 nitrogen and oxygen atoms in total. The maximum absolute atomic E-state index is 14.4. The molecule has 3 aliphatic rings. The number of thiophene rings is 1. The van der Waals surface area contributed by atoms with Crippen molar-refractivity contribution in [2.45, 2.75) is 117 Å². The van der Waals surface area contributed by atoms with Gasteiger partial charge in [-0.15, -0.1) is 32.9 Å². The molecule has 72 heavy (non-hydrogen) atoms. The minimum Gasteiger partial charge on any atom is -0.460 e. The fraction of sp³-hybridized carbons (Fsp3) is 0.385. The highest BCUT2D eigenvalue weighted by atomic mass is 35.5. The number of likely N-dealkylation sites (tertiary alicyclic amines) is 1. The first-order chi connectivity index (χ1) is 34.6. The fourth-order valence-electron chi connectivity index (χ4n) is 9.78. The number of amides is 3. The smallest absolute Gasteiger partial charge is 0.317 e. The summed E-state index contributed by atoms with van der Waals surface area (Å²) in [7, 11) is 0. The zero-order chi connectivity index (χ0) is 50.5. The maximum atomic E-state index is 14.4. The number of thiazole rings is 1. The van der Waals surface area contributed by atoms with Crippen molar-refractivity contribution in [1.82, 2.24) is 55.0 Å². The Labute approximate surface area is 429 Å². The summed E-state index contributed by atoms with van der Waals surface area (Å²) in [5.41, 5.74) is 9.78. The molecular weight excluding hydrogens is 972 g/mol. The Hall–Kier alpha value is -6.67. The summed E-state index contributed by atoms with van der Waals surface area (Å²) in [5.74, 6) is 0.339. The van der Waals surface area contributed by atoms with E-state index in [-0.39, 0.29) is 67.2 Å². The number of nitrogens with zero attached hydrogens (tertiary/aromatic N) is 10. The quantitative estimate of drug-likeness (QED) is 0.0950. The molecule has 10 rings (SSSR count). The average Bonchev–Trinajstić information content (AvgIpc) is 4.19. The van der Waals surface area contributed by atoms with Crippen LogP contribution in [-0.2, 0) is 14.4 Å². The summed E-state index contributed by atoms with van der Waals surface area (Å²) in [6.45, 7) is 13.9. The number of carbonyl (C=O) groups is 3. The molecule has 0 bridgehead atoms. The fourth-order valence-corrected chi connectivity index (χ4v) is 11.9. The van der Waals surface area contributed by atoms with E-state index in [1.54, 1.807) is 52.0 Å². The number of aromatic nitrogens is 8. The highest BCUT2D eigenvalue weighted by Crippen LogP contribution is 2.40. The number of halogens is 1. The normalized spacial score (nSPS) is 20.2. The number of aliphatic imine (C=N–C) groups is 1. The number of aliphatic hydroxyl groups is 1. The van der Waals surface area contributed by atoms with Crippen LogP contribution < -0.4 is 15.4 Å². The van der Waals surface area contributed by atoms with Crippen molar-refractivity contribution in [2.24, 2.45) is 10.9 Å². The predicted molar refractivity (Wildman–Crippen MR) is 276 cm³/mol. The summed E-state index contributed by atoms with van der Waals surface area (Å²) >= 11 is 9.53. The second-order valence-corrected chi connectivity index (χ2v) is 21.7. The van der Waals surface area contributed by atoms with Crippen molar-refractivity contribution in [1.29, 1.82) is 0 Å². The van der Waals surface area contributed by atoms with Crippen molar-refractivity contribution >= 4 is 57.7 Å². The van der Waals surface area contributed by atoms with Crippen LogP contribution in [0.3, 0.4) is 0 Å². The minimum atomic E-state index is -0.854. The molecule has 1 saturated carbocycles. The molecule has 0 radical (unpaired) electrons. The SMILES string of the molecule is Cc1ncsc1-c1ccc([C@H](C)NC(=O)[C@@H]2C[C@@H](O)CN2C(=O)[C@H](C(C)C)n2cc(-c3ccnc(OC4CC(NC(=O)C[C@@H]5N=C(c6ccc(Cl)cc6)c6c(sc(C)c6C)-n6c(C)nnc65)C4)n3)cn2)cc1. The Balaban J connectivity index is 0.762. The van der Waals surface area contributed by atoms with Gasteiger partial charge in [0, 0.05) is 70.8 Å². The Morgan fingerprint density at radius 2 is 1.68 bits per heavy atom. The van der Waals surface area contributed by atoms with Crippen LogP contribution >= 0.6 is 34.3 Å². The topological polar surface area (TPSA) is 208 Å². The lowest BCUT2D eigenvalue weighted by atomic mass is 9.89. The van der Waals surface area contributed by atoms with Gasteiger partial charge in [0.05, 0.1) is 52.3 Å². The first-order valence-electron chi connectivity index (χ1n) is 24.1. The van der Waals surface area contributed by atoms with Crippen LogP contribution in [0.1, 0.15) is 109 Å². The number of hydrogen-bond donors (Lipinski definition) is 3. The molecule has 1 saturated heterocycles. The molecular formula is C52H55ClN12O5S2. The Morgan fingerprint density at radius 1 is 0.931 bits per heavy atom. The molecule has 7 heterocycles. The van der Waals surface area contributed by atoms with Crippen molar-refractivity contribution in [2.75, 3.05) is 6.54 Å². The third-order valence-corrected chi connectivity index (χ3v) is 16.2. The first kappa shape index (κ1) is 48.9. The lowest BCUT2D eigenvalue weighted by Crippen LogP contribution is -2.49. The van der Waals surface area contributed by atoms with E-state index in [9.17, 15) is 19.5 Å². The van der Waals surface area contributed by atoms with Crippen LogP contribution in [-0.4, -0.2) is 104 Å². The standard InChI is InChI=1S/C52H55ClN12O5S2/c1-26(2)46(50(69)63-24-38(66)20-42(63)49(68)57-28(4)32-8-10-34(11-9-32)47-29(5)55-25-71-47)64-23-35(22-56-64)40-16-17-54-52(60-40)70-39-18-37(19-39)58-43(67)21-41-48-62-61-31(7)65(48)51-44(27(3)30(6)72-51)45(59-41)33-12-14-36(53)15-13-33/h8-17,22-23,25-26,28,37-39,41-42,46,66H,18-21,24H2,1-7H3,(H,57,68)(H,58,67)/t28-,37?,38+,39?,41-,42-,46-/m0/s1. The Kier molecular flexibility index (Phi) is 13.7. The molecule has 2 aromatic carbocycles. The average molecular weight is 1030 g/mol. The molecule has 0 spiro atoms. The van der Waals surface area contributed by atoms with Crippen molar-refractivity contribution in [3.63, 3.8) is 0 Å². The van der Waals surface area contributed by atoms with Gasteiger partial charge in [0.2, 0.25) is 17.7 Å². The highest BCUT2D eigenvalue weighted by molar-refractivity contribution is 7.15. The van der Waals surface area contributed by atoms with Gasteiger partial charge in [0.15, 0.2) is 5.82 Å². The molecule has 2 fully saturated rings. The summed E-state index contributed by atoms with van der Waals surface area (Å²) in [6, 6.07) is 14.9. The van der Waals surface area contributed by atoms with Crippen LogP contribution in [0.4, 0.5) is 0 Å². The number of β-amino-alcohol motifs (C(OH)–C–C–N with tert-alkyl or cyclic N) is 1. The Morgan fingerprint density at radius 3 is 2.40 bits per heavy atom. The van der Waals surface area contributed by atoms with Crippen molar-refractivity contribution in [3.05, 3.63) is 128 Å². The molecule has 7 aromatic rings. The van der Waals surface area contributed by atoms with Crippen molar-refractivity contribution < 1.29 is 24.2 Å². The third kappa shape index (κ3) is 9.69. The van der Waals surface area contributed by atoms with E-state index in [4.69, 9.17) is 21.3 Å². The molecule has 5 aromatic heterocycles. The van der Waals surface area contributed by atoms with Gasteiger partial charge in [-0.25, -0.2) is 9.97 Å². The molecule has 372 valence electrons. The van der Waals surface area contributed by atoms with Gasteiger partial charge >= 0.3 is 6.01 Å². The lowest BCUT2D eigenvalue weighted by molar-refractivity contribution is -0.142. The van der Waals surface area contributed by atoms with Crippen LogP contribution in [0, 0.1) is 33.6 Å². The zero-order valence-corrected chi connectivity index (χ0v) is 43.3. The van der Waals surface area contributed by atoms with Gasteiger partial charge in [-0.05, 0) is 75.4 Å². The summed E-state index contributed by atoms with van der Waals surface area (Å²) < 4.78 is 9.84. The number of hydrogen-bond acceptors (Lipinski definition) is 14. The van der Waals surface area contributed by atoms with Gasteiger partial charge in [-0.2, -0.15) is 10.1 Å². The van der Waals surface area contributed by atoms with Crippen LogP contribution in [0.2, 0.25) is 5.02 Å². The van der Waals surface area contributed by atoms with E-state index in [0.29, 0.717) is 34.9 Å². The molecule has 1 aliphatic carbocycles. The number of rotatable bonds is 14. The van der Waals surface area contributed by atoms with E-state index in [1.165, 1.54) is 9.78 Å². The number of fused-ring (bicyclic) bond motifs is 3. The third-order valence-electron chi connectivity index (χ3n) is 13.8. The zero-order valence-electron chi connectivity index (χ0n) is 40.9. The summed E-state index contributed by atoms with van der Waals surface area (Å²) in [4.78, 5) is 64.4. The molecule has 3 N–H and O–H groups in total. The second kappa shape index (κ2) is 20.1. The van der Waals surface area contributed by atoms with Crippen LogP contribution in [0.5, 0.6) is 6.01 Å². The van der Waals surface area contributed by atoms with Gasteiger partial charge in [-0.1, -0.05) is 61.8 Å². The maximum Gasteiger partial charge on any atom is 0.317 e. The van der Waals surface area contributed by atoms with Gasteiger partial charge < -0.3 is 25.4 Å². The monoisotopic (exact) mass is 1030 g/mol. The minimum absolute atomic E-state index is 0.0323. The van der Waals surface area contributed by atoms with E-state index in [2.05, 4.69) is 54.7 Å². The van der Waals surface area contributed by atoms with Crippen molar-refractivity contribution in [3.8, 4) is 32.7 Å². The van der Waals surface area contributed by atoms with E-state index in [1.807, 2.05) is 93.2 Å². The number of aryl methyl sites for hydroxylation is 3. The number of aliphatic hydroxyl groups excluding tert-OH is 1. The van der Waals surface area contributed by atoms with Crippen LogP contribution in [0.25, 0.3) is 26.7 Å². The number of carbonyl (C=O) groups excluding carboxylic acids is 3.